The Kier molecular flexibility index (Phi) is 5.61. The van der Waals surface area contributed by atoms with Gasteiger partial charge in [0.15, 0.2) is 0 Å². The number of likely N-dealkylation sites (N-methyl/N-ethyl adjacent to an activating group) is 1. The van der Waals surface area contributed by atoms with Gasteiger partial charge in [-0.15, -0.1) is 0 Å². The van der Waals surface area contributed by atoms with Crippen molar-refractivity contribution >= 4 is 29.1 Å². The second-order valence-electron chi connectivity index (χ2n) is 6.54. The van der Waals surface area contributed by atoms with Crippen LogP contribution in [0.4, 0.5) is 5.69 Å². The van der Waals surface area contributed by atoms with Crippen LogP contribution in [0.2, 0.25) is 5.02 Å². The molecule has 1 heterocycles. The molecule has 0 saturated heterocycles. The number of benzene rings is 2. The molecule has 1 aliphatic rings. The van der Waals surface area contributed by atoms with Crippen molar-refractivity contribution in [2.75, 3.05) is 25.6 Å². The van der Waals surface area contributed by atoms with E-state index in [0.717, 1.165) is 16.8 Å². The maximum absolute atomic E-state index is 12.9. The summed E-state index contributed by atoms with van der Waals surface area (Å²) in [4.78, 5) is 28.0. The highest BCUT2D eigenvalue weighted by Crippen LogP contribution is 2.33. The van der Waals surface area contributed by atoms with Crippen LogP contribution in [0.1, 0.15) is 21.5 Å². The molecular weight excluding hydrogens is 380 g/mol. The second kappa shape index (κ2) is 7.94. The quantitative estimate of drug-likeness (QED) is 0.798. The van der Waals surface area contributed by atoms with Gasteiger partial charge in [0.1, 0.15) is 11.5 Å². The molecule has 6 nitrogen and oxygen atoms in total. The third kappa shape index (κ3) is 3.68. The fraction of sp³-hybridized carbons (Fsp3) is 0.238. The van der Waals surface area contributed by atoms with Gasteiger partial charge < -0.3 is 19.6 Å². The number of phenolic OH excluding ortho intramolecular Hbond substituents is 1. The van der Waals surface area contributed by atoms with Crippen molar-refractivity contribution in [3.63, 3.8) is 0 Å². The van der Waals surface area contributed by atoms with E-state index in [4.69, 9.17) is 16.3 Å². The molecule has 2 amide bonds. The number of methoxy groups -OCH3 is 1. The van der Waals surface area contributed by atoms with Gasteiger partial charge in [-0.25, -0.2) is 0 Å². The number of phenols is 1. The number of carbonyl (C=O) groups is 2. The molecule has 0 aromatic heterocycles. The summed E-state index contributed by atoms with van der Waals surface area (Å²) < 4.78 is 5.06. The number of anilines is 1. The van der Waals surface area contributed by atoms with Crippen molar-refractivity contribution in [3.8, 4) is 11.5 Å². The monoisotopic (exact) mass is 400 g/mol. The molecule has 28 heavy (non-hydrogen) atoms. The molecule has 1 N–H and O–H groups in total. The Labute approximate surface area is 168 Å². The largest absolute Gasteiger partial charge is 0.507 e. The maximum Gasteiger partial charge on any atom is 0.257 e. The minimum atomic E-state index is -0.311. The Morgan fingerprint density at radius 2 is 2.04 bits per heavy atom. The van der Waals surface area contributed by atoms with Crippen LogP contribution in [-0.4, -0.2) is 42.5 Å². The van der Waals surface area contributed by atoms with Gasteiger partial charge in [-0.2, -0.15) is 0 Å². The molecule has 2 aromatic rings. The van der Waals surface area contributed by atoms with Crippen molar-refractivity contribution in [1.82, 2.24) is 4.90 Å². The van der Waals surface area contributed by atoms with Crippen molar-refractivity contribution in [2.24, 2.45) is 0 Å². The second-order valence-corrected chi connectivity index (χ2v) is 6.94. The van der Waals surface area contributed by atoms with Gasteiger partial charge in [0.05, 0.1) is 17.7 Å². The minimum absolute atomic E-state index is 0.129. The predicted octanol–water partition coefficient (Wildman–Crippen LogP) is 3.40. The molecule has 0 unspecified atom stereocenters. The lowest BCUT2D eigenvalue weighted by molar-refractivity contribution is -0.113. The third-order valence-corrected chi connectivity index (χ3v) is 5.18. The summed E-state index contributed by atoms with van der Waals surface area (Å²) in [6, 6.07) is 8.51. The first-order valence-corrected chi connectivity index (χ1v) is 9.11. The van der Waals surface area contributed by atoms with Crippen molar-refractivity contribution in [1.29, 1.82) is 0 Å². The van der Waals surface area contributed by atoms with Crippen LogP contribution >= 0.6 is 11.6 Å². The topological polar surface area (TPSA) is 70.1 Å². The molecule has 0 atom stereocenters. The lowest BCUT2D eigenvalue weighted by atomic mass is 9.98. The number of rotatable bonds is 4. The first kappa shape index (κ1) is 19.8. The fourth-order valence-corrected chi connectivity index (χ4v) is 3.47. The van der Waals surface area contributed by atoms with E-state index in [1.165, 1.54) is 30.2 Å². The number of hydrogen-bond donors (Lipinski definition) is 1. The lowest BCUT2D eigenvalue weighted by Gasteiger charge is -2.30. The van der Waals surface area contributed by atoms with Gasteiger partial charge in [-0.3, -0.25) is 9.59 Å². The normalized spacial score (nSPS) is 12.9. The van der Waals surface area contributed by atoms with Crippen LogP contribution in [0, 0.1) is 0 Å². The van der Waals surface area contributed by atoms with Crippen molar-refractivity contribution < 1.29 is 19.4 Å². The first-order chi connectivity index (χ1) is 13.3. The Bertz CT molecular complexity index is 958. The summed E-state index contributed by atoms with van der Waals surface area (Å²) in [5, 5.41) is 10.5. The molecule has 1 aliphatic heterocycles. The zero-order valence-corrected chi connectivity index (χ0v) is 16.5. The van der Waals surface area contributed by atoms with E-state index in [-0.39, 0.29) is 28.1 Å². The smallest absolute Gasteiger partial charge is 0.257 e. The van der Waals surface area contributed by atoms with Gasteiger partial charge >= 0.3 is 0 Å². The van der Waals surface area contributed by atoms with Crippen LogP contribution in [0.5, 0.6) is 11.5 Å². The SMILES string of the molecule is C=CC(=O)N(C)c1ccc2c(c1)CN(C(=O)c1cc(Cl)c(OC)cc1O)CC2. The molecule has 0 radical (unpaired) electrons. The van der Waals surface area contributed by atoms with E-state index in [2.05, 4.69) is 6.58 Å². The number of nitrogens with zero attached hydrogens (tertiary/aromatic N) is 2. The number of amides is 2. The minimum Gasteiger partial charge on any atom is -0.507 e. The summed E-state index contributed by atoms with van der Waals surface area (Å²) in [6.45, 7) is 4.40. The van der Waals surface area contributed by atoms with Crippen LogP contribution in [0.3, 0.4) is 0 Å². The molecule has 3 rings (SSSR count). The molecule has 0 fully saturated rings. The van der Waals surface area contributed by atoms with E-state index >= 15 is 0 Å². The van der Waals surface area contributed by atoms with E-state index in [1.807, 2.05) is 18.2 Å². The Hall–Kier alpha value is -2.99. The summed E-state index contributed by atoms with van der Waals surface area (Å²) in [5.74, 6) is -0.392. The third-order valence-electron chi connectivity index (χ3n) is 4.88. The van der Waals surface area contributed by atoms with Crippen molar-refractivity contribution in [2.45, 2.75) is 13.0 Å². The molecular formula is C21H21ClN2O4. The highest BCUT2D eigenvalue weighted by molar-refractivity contribution is 6.32. The van der Waals surface area contributed by atoms with Crippen LogP contribution < -0.4 is 9.64 Å². The number of halogens is 1. The van der Waals surface area contributed by atoms with Gasteiger partial charge in [-0.1, -0.05) is 24.2 Å². The molecule has 146 valence electrons. The van der Waals surface area contributed by atoms with Gasteiger partial charge in [0, 0.05) is 31.9 Å². The standard InChI is InChI=1S/C21H21ClN2O4/c1-4-20(26)23(2)15-6-5-13-7-8-24(12-14(13)9-15)21(27)16-10-17(22)19(28-3)11-18(16)25/h4-6,9-11,25H,1,7-8,12H2,2-3H3. The van der Waals surface area contributed by atoms with Crippen LogP contribution in [0.25, 0.3) is 0 Å². The zero-order valence-electron chi connectivity index (χ0n) is 15.7. The van der Waals surface area contributed by atoms with E-state index in [1.54, 1.807) is 11.9 Å². The lowest BCUT2D eigenvalue weighted by Crippen LogP contribution is -2.36. The highest BCUT2D eigenvalue weighted by atomic mass is 35.5. The van der Waals surface area contributed by atoms with Gasteiger partial charge in [0.2, 0.25) is 5.91 Å². The number of ether oxygens (including phenoxy) is 1. The summed E-state index contributed by atoms with van der Waals surface area (Å²) in [7, 11) is 3.12. The van der Waals surface area contributed by atoms with Crippen LogP contribution in [0.15, 0.2) is 43.0 Å². The van der Waals surface area contributed by atoms with Gasteiger partial charge in [-0.05, 0) is 41.8 Å². The van der Waals surface area contributed by atoms with Crippen LogP contribution in [-0.2, 0) is 17.8 Å². The first-order valence-electron chi connectivity index (χ1n) is 8.73. The summed E-state index contributed by atoms with van der Waals surface area (Å²) >= 11 is 6.11. The Morgan fingerprint density at radius 1 is 1.29 bits per heavy atom. The molecule has 0 spiro atoms. The summed E-state index contributed by atoms with van der Waals surface area (Å²) in [5.41, 5.74) is 2.95. The fourth-order valence-electron chi connectivity index (χ4n) is 3.23. The molecule has 7 heteroatoms. The highest BCUT2D eigenvalue weighted by Gasteiger charge is 2.25. The average molecular weight is 401 g/mol. The number of aromatic hydroxyl groups is 1. The predicted molar refractivity (Wildman–Crippen MR) is 108 cm³/mol. The van der Waals surface area contributed by atoms with Gasteiger partial charge in [0.25, 0.3) is 5.91 Å². The Balaban J connectivity index is 1.86. The Morgan fingerprint density at radius 3 is 2.71 bits per heavy atom. The van der Waals surface area contributed by atoms with E-state index in [9.17, 15) is 14.7 Å². The molecule has 0 aliphatic carbocycles. The maximum atomic E-state index is 12.9. The van der Waals surface area contributed by atoms with E-state index < -0.39 is 0 Å². The molecule has 0 saturated carbocycles. The number of carbonyl (C=O) groups excluding carboxylic acids is 2. The number of fused-ring (bicyclic) bond motifs is 1. The summed E-state index contributed by atoms with van der Waals surface area (Å²) in [6.07, 6.45) is 1.94. The average Bonchev–Trinajstić information content (AvgIpc) is 2.72. The number of hydrogen-bond acceptors (Lipinski definition) is 4. The molecule has 0 bridgehead atoms. The van der Waals surface area contributed by atoms with Crippen molar-refractivity contribution in [3.05, 3.63) is 64.7 Å². The molecule has 2 aromatic carbocycles. The van der Waals surface area contributed by atoms with E-state index in [0.29, 0.717) is 25.3 Å². The zero-order chi connectivity index (χ0) is 20.4.